The minimum Gasteiger partial charge on any atom is -0.349 e. The van der Waals surface area contributed by atoms with E-state index >= 15 is 0 Å². The van der Waals surface area contributed by atoms with E-state index in [1.54, 1.807) is 12.1 Å². The first-order valence-electron chi connectivity index (χ1n) is 8.45. The van der Waals surface area contributed by atoms with Crippen LogP contribution in [0.4, 0.5) is 14.5 Å². The zero-order valence-electron chi connectivity index (χ0n) is 14.7. The van der Waals surface area contributed by atoms with Crippen LogP contribution < -0.4 is 15.4 Å². The first kappa shape index (κ1) is 22.1. The molecule has 1 fully saturated rings. The first-order valence-corrected chi connectivity index (χ1v) is 9.93. The van der Waals surface area contributed by atoms with Crippen molar-refractivity contribution < 1.29 is 22.0 Å². The Kier molecular flexibility index (Phi) is 7.34. The van der Waals surface area contributed by atoms with Gasteiger partial charge in [-0.25, -0.2) is 17.2 Å². The molecule has 1 aliphatic heterocycles. The fraction of sp³-hybridized carbons (Fsp3) is 0.278. The molecule has 0 radical (unpaired) electrons. The largest absolute Gasteiger partial charge is 0.349 e. The van der Waals surface area contributed by atoms with Crippen molar-refractivity contribution in [2.75, 3.05) is 17.8 Å². The van der Waals surface area contributed by atoms with Crippen LogP contribution in [0.2, 0.25) is 0 Å². The van der Waals surface area contributed by atoms with E-state index in [0.717, 1.165) is 38.1 Å². The summed E-state index contributed by atoms with van der Waals surface area (Å²) >= 11 is 0. The van der Waals surface area contributed by atoms with Crippen molar-refractivity contribution in [2.45, 2.75) is 23.8 Å². The second-order valence-corrected chi connectivity index (χ2v) is 7.87. The Morgan fingerprint density at radius 3 is 2.46 bits per heavy atom. The average molecular weight is 432 g/mol. The Hall–Kier alpha value is -2.23. The number of sulfonamides is 1. The van der Waals surface area contributed by atoms with Gasteiger partial charge in [-0.15, -0.1) is 12.4 Å². The summed E-state index contributed by atoms with van der Waals surface area (Å²) in [4.78, 5) is 11.8. The van der Waals surface area contributed by atoms with Gasteiger partial charge in [-0.2, -0.15) is 0 Å². The van der Waals surface area contributed by atoms with E-state index < -0.39 is 32.5 Å². The highest BCUT2D eigenvalue weighted by molar-refractivity contribution is 7.92. The lowest BCUT2D eigenvalue weighted by Crippen LogP contribution is -2.42. The maximum Gasteiger partial charge on any atom is 0.264 e. The predicted molar refractivity (Wildman–Crippen MR) is 104 cm³/mol. The third kappa shape index (κ3) is 5.18. The smallest absolute Gasteiger partial charge is 0.264 e. The van der Waals surface area contributed by atoms with Gasteiger partial charge in [0.2, 0.25) is 0 Å². The number of carbonyl (C=O) groups excluding carboxylic acids is 1. The molecule has 10 heteroatoms. The van der Waals surface area contributed by atoms with Gasteiger partial charge in [0.25, 0.3) is 15.9 Å². The quantitative estimate of drug-likeness (QED) is 0.679. The lowest BCUT2D eigenvalue weighted by molar-refractivity contribution is 0.0930. The average Bonchev–Trinajstić information content (AvgIpc) is 2.64. The Bertz CT molecular complexity index is 951. The van der Waals surface area contributed by atoms with E-state index in [9.17, 15) is 22.0 Å². The molecule has 1 amide bonds. The second kappa shape index (κ2) is 9.31. The summed E-state index contributed by atoms with van der Waals surface area (Å²) < 4.78 is 54.4. The zero-order chi connectivity index (χ0) is 19.4. The highest BCUT2D eigenvalue weighted by Crippen LogP contribution is 2.23. The van der Waals surface area contributed by atoms with Crippen molar-refractivity contribution in [1.82, 2.24) is 10.6 Å². The van der Waals surface area contributed by atoms with Crippen LogP contribution in [-0.4, -0.2) is 33.5 Å². The molecule has 1 aliphatic rings. The van der Waals surface area contributed by atoms with Crippen LogP contribution in [0.25, 0.3) is 0 Å². The molecule has 6 nitrogen and oxygen atoms in total. The minimum absolute atomic E-state index is 0. The van der Waals surface area contributed by atoms with Gasteiger partial charge < -0.3 is 10.6 Å². The number of piperidine rings is 1. The number of para-hydroxylation sites is 1. The molecule has 0 aliphatic carbocycles. The van der Waals surface area contributed by atoms with Gasteiger partial charge in [0, 0.05) is 6.04 Å². The van der Waals surface area contributed by atoms with Gasteiger partial charge in [-0.1, -0.05) is 12.1 Å². The molecule has 0 spiro atoms. The van der Waals surface area contributed by atoms with Gasteiger partial charge in [0.05, 0.1) is 11.3 Å². The van der Waals surface area contributed by atoms with E-state index in [2.05, 4.69) is 15.4 Å². The number of nitrogens with one attached hydrogen (secondary N) is 3. The SMILES string of the molecule is Cl.O=C(NC1CCNCC1)c1ccccc1NS(=O)(=O)c1cc(F)ccc1F. The van der Waals surface area contributed by atoms with Crippen molar-refractivity contribution in [2.24, 2.45) is 0 Å². The number of anilines is 1. The highest BCUT2D eigenvalue weighted by atomic mass is 35.5. The Morgan fingerprint density at radius 2 is 1.75 bits per heavy atom. The second-order valence-electron chi connectivity index (χ2n) is 6.22. The van der Waals surface area contributed by atoms with E-state index in [4.69, 9.17) is 0 Å². The number of benzene rings is 2. The number of halogens is 3. The van der Waals surface area contributed by atoms with Gasteiger partial charge in [0.1, 0.15) is 16.5 Å². The molecule has 2 aromatic rings. The van der Waals surface area contributed by atoms with E-state index in [0.29, 0.717) is 6.07 Å². The van der Waals surface area contributed by atoms with Crippen LogP contribution >= 0.6 is 12.4 Å². The molecular formula is C18H20ClF2N3O3S. The van der Waals surface area contributed by atoms with Crippen LogP contribution in [0.5, 0.6) is 0 Å². The molecule has 2 aromatic carbocycles. The lowest BCUT2D eigenvalue weighted by atomic mass is 10.1. The summed E-state index contributed by atoms with van der Waals surface area (Å²) in [5.41, 5.74) is 0.101. The van der Waals surface area contributed by atoms with Gasteiger partial charge >= 0.3 is 0 Å². The monoisotopic (exact) mass is 431 g/mol. The molecule has 0 aromatic heterocycles. The summed E-state index contributed by atoms with van der Waals surface area (Å²) in [7, 11) is -4.41. The molecule has 0 unspecified atom stereocenters. The Labute approximate surface area is 168 Å². The van der Waals surface area contributed by atoms with Gasteiger partial charge in [-0.05, 0) is 56.3 Å². The Morgan fingerprint density at radius 1 is 1.07 bits per heavy atom. The van der Waals surface area contributed by atoms with E-state index in [1.165, 1.54) is 12.1 Å². The molecule has 0 bridgehead atoms. The number of rotatable bonds is 5. The lowest BCUT2D eigenvalue weighted by Gasteiger charge is -2.24. The summed E-state index contributed by atoms with van der Waals surface area (Å²) in [5, 5.41) is 6.06. The van der Waals surface area contributed by atoms with Gasteiger partial charge in [-0.3, -0.25) is 9.52 Å². The maximum absolute atomic E-state index is 13.9. The van der Waals surface area contributed by atoms with Crippen LogP contribution in [-0.2, 0) is 10.0 Å². The molecular weight excluding hydrogens is 412 g/mol. The molecule has 0 saturated carbocycles. The normalized spacial score (nSPS) is 14.8. The van der Waals surface area contributed by atoms with Crippen LogP contribution in [0.15, 0.2) is 47.4 Å². The topological polar surface area (TPSA) is 87.3 Å². The molecule has 1 saturated heterocycles. The zero-order valence-corrected chi connectivity index (χ0v) is 16.4. The van der Waals surface area contributed by atoms with E-state index in [-0.39, 0.29) is 29.7 Å². The standard InChI is InChI=1S/C18H19F2N3O3S.ClH/c19-12-5-6-15(20)17(11-12)27(25,26)23-16-4-2-1-3-14(16)18(24)22-13-7-9-21-10-8-13;/h1-6,11,13,21,23H,7-10H2,(H,22,24);1H. The van der Waals surface area contributed by atoms with Crippen molar-refractivity contribution in [3.63, 3.8) is 0 Å². The molecule has 28 heavy (non-hydrogen) atoms. The third-order valence-electron chi connectivity index (χ3n) is 4.27. The van der Waals surface area contributed by atoms with Crippen LogP contribution in [0.3, 0.4) is 0 Å². The highest BCUT2D eigenvalue weighted by Gasteiger charge is 2.23. The number of hydrogen-bond donors (Lipinski definition) is 3. The van der Waals surface area contributed by atoms with Crippen molar-refractivity contribution in [1.29, 1.82) is 0 Å². The number of carbonyl (C=O) groups is 1. The summed E-state index contributed by atoms with van der Waals surface area (Å²) in [6.45, 7) is 1.58. The first-order chi connectivity index (χ1) is 12.9. The molecule has 0 atom stereocenters. The fourth-order valence-corrected chi connectivity index (χ4v) is 4.05. The van der Waals surface area contributed by atoms with E-state index in [1.807, 2.05) is 0 Å². The van der Waals surface area contributed by atoms with Gasteiger partial charge in [0.15, 0.2) is 0 Å². The van der Waals surface area contributed by atoms with Crippen LogP contribution in [0.1, 0.15) is 23.2 Å². The molecule has 152 valence electrons. The van der Waals surface area contributed by atoms with Crippen molar-refractivity contribution >= 4 is 34.0 Å². The summed E-state index contributed by atoms with van der Waals surface area (Å²) in [5.74, 6) is -2.39. The van der Waals surface area contributed by atoms with Crippen molar-refractivity contribution in [3.05, 3.63) is 59.7 Å². The predicted octanol–water partition coefficient (Wildman–Crippen LogP) is 2.67. The fourth-order valence-electron chi connectivity index (χ4n) is 2.88. The molecule has 3 rings (SSSR count). The number of hydrogen-bond acceptors (Lipinski definition) is 4. The minimum atomic E-state index is -4.41. The third-order valence-corrected chi connectivity index (χ3v) is 5.65. The molecule has 3 N–H and O–H groups in total. The van der Waals surface area contributed by atoms with Crippen LogP contribution in [0, 0.1) is 11.6 Å². The Balaban J connectivity index is 0.00000280. The summed E-state index contributed by atoms with van der Waals surface area (Å²) in [6.07, 6.45) is 1.54. The summed E-state index contributed by atoms with van der Waals surface area (Å²) in [6, 6.07) is 8.15. The van der Waals surface area contributed by atoms with Crippen molar-refractivity contribution in [3.8, 4) is 0 Å². The maximum atomic E-state index is 13.9. The molecule has 1 heterocycles. The number of amides is 1.